The summed E-state index contributed by atoms with van der Waals surface area (Å²) in [7, 11) is 0. The Labute approximate surface area is 92.3 Å². The van der Waals surface area contributed by atoms with E-state index in [2.05, 4.69) is 11.9 Å². The quantitative estimate of drug-likeness (QED) is 0.763. The molecule has 1 aromatic carbocycles. The van der Waals surface area contributed by atoms with Gasteiger partial charge in [-0.3, -0.25) is 0 Å². The van der Waals surface area contributed by atoms with E-state index in [1.54, 1.807) is 12.2 Å². The zero-order chi connectivity index (χ0) is 12.2. The van der Waals surface area contributed by atoms with E-state index in [0.717, 1.165) is 12.1 Å². The number of halogens is 3. The van der Waals surface area contributed by atoms with Gasteiger partial charge in [0.2, 0.25) is 0 Å². The fraction of sp³-hybridized carbons (Fsp3) is 0.167. The van der Waals surface area contributed by atoms with Crippen molar-refractivity contribution in [2.24, 2.45) is 0 Å². The van der Waals surface area contributed by atoms with Gasteiger partial charge in [0.05, 0.1) is 5.56 Å². The second kappa shape index (κ2) is 4.88. The van der Waals surface area contributed by atoms with E-state index in [4.69, 9.17) is 0 Å². The van der Waals surface area contributed by atoms with Gasteiger partial charge in [0, 0.05) is 11.4 Å². The first kappa shape index (κ1) is 12.4. The molecule has 0 atom stereocenters. The van der Waals surface area contributed by atoms with Crippen molar-refractivity contribution in [3.8, 4) is 0 Å². The molecule has 86 valence electrons. The average Bonchev–Trinajstić information content (AvgIpc) is 2.17. The van der Waals surface area contributed by atoms with Crippen LogP contribution in [0.5, 0.6) is 0 Å². The molecule has 0 saturated heterocycles. The monoisotopic (exact) mass is 227 g/mol. The summed E-state index contributed by atoms with van der Waals surface area (Å²) in [5.74, 6) is 0. The molecule has 0 bridgehead atoms. The molecule has 0 unspecified atom stereocenters. The van der Waals surface area contributed by atoms with Crippen molar-refractivity contribution in [1.29, 1.82) is 0 Å². The van der Waals surface area contributed by atoms with Crippen molar-refractivity contribution >= 4 is 5.69 Å². The summed E-state index contributed by atoms with van der Waals surface area (Å²) in [6, 6.07) is 4.81. The fourth-order valence-electron chi connectivity index (χ4n) is 1.17. The molecule has 1 nitrogen and oxygen atoms in total. The summed E-state index contributed by atoms with van der Waals surface area (Å²) < 4.78 is 36.8. The molecule has 4 heteroatoms. The molecule has 1 rings (SSSR count). The minimum absolute atomic E-state index is 0.580. The maximum Gasteiger partial charge on any atom is 0.416 e. The Morgan fingerprint density at radius 2 is 1.81 bits per heavy atom. The molecule has 1 N–H and O–H groups in total. The lowest BCUT2D eigenvalue weighted by molar-refractivity contribution is -0.137. The van der Waals surface area contributed by atoms with Crippen molar-refractivity contribution in [3.05, 3.63) is 54.3 Å². The number of hydrogen-bond donors (Lipinski definition) is 1. The Morgan fingerprint density at radius 1 is 1.25 bits per heavy atom. The SMILES string of the molecule is C=C(/C=C\C)Nc1ccc(C(F)(F)F)cc1. The Morgan fingerprint density at radius 3 is 2.25 bits per heavy atom. The van der Waals surface area contributed by atoms with Gasteiger partial charge in [0.25, 0.3) is 0 Å². The molecular formula is C12H12F3N. The minimum Gasteiger partial charge on any atom is -0.356 e. The number of rotatable bonds is 3. The van der Waals surface area contributed by atoms with E-state index in [9.17, 15) is 13.2 Å². The van der Waals surface area contributed by atoms with Crippen LogP contribution in [0.3, 0.4) is 0 Å². The average molecular weight is 227 g/mol. The number of nitrogens with one attached hydrogen (secondary N) is 1. The molecule has 0 aliphatic rings. The predicted octanol–water partition coefficient (Wildman–Crippen LogP) is 4.21. The predicted molar refractivity (Wildman–Crippen MR) is 59.0 cm³/mol. The van der Waals surface area contributed by atoms with Crippen LogP contribution in [0.4, 0.5) is 18.9 Å². The lowest BCUT2D eigenvalue weighted by atomic mass is 10.2. The second-order valence-electron chi connectivity index (χ2n) is 3.23. The van der Waals surface area contributed by atoms with Gasteiger partial charge < -0.3 is 5.32 Å². The summed E-state index contributed by atoms with van der Waals surface area (Å²) in [4.78, 5) is 0. The first-order valence-electron chi connectivity index (χ1n) is 4.69. The van der Waals surface area contributed by atoms with Gasteiger partial charge in [0.15, 0.2) is 0 Å². The van der Waals surface area contributed by atoms with E-state index in [1.807, 2.05) is 6.92 Å². The van der Waals surface area contributed by atoms with Gasteiger partial charge in [-0.1, -0.05) is 12.7 Å². The normalized spacial score (nSPS) is 11.8. The number of allylic oxidation sites excluding steroid dienone is 2. The van der Waals surface area contributed by atoms with E-state index < -0.39 is 11.7 Å². The van der Waals surface area contributed by atoms with Crippen LogP contribution in [0.1, 0.15) is 12.5 Å². The highest BCUT2D eigenvalue weighted by molar-refractivity contribution is 5.51. The molecule has 0 spiro atoms. The second-order valence-corrected chi connectivity index (χ2v) is 3.23. The van der Waals surface area contributed by atoms with Gasteiger partial charge in [-0.05, 0) is 37.3 Å². The lowest BCUT2D eigenvalue weighted by Crippen LogP contribution is -2.04. The zero-order valence-electron chi connectivity index (χ0n) is 8.81. The summed E-state index contributed by atoms with van der Waals surface area (Å²) in [5.41, 5.74) is 0.549. The molecule has 0 aliphatic carbocycles. The third kappa shape index (κ3) is 3.46. The van der Waals surface area contributed by atoms with Crippen LogP contribution in [0.2, 0.25) is 0 Å². The number of alkyl halides is 3. The number of benzene rings is 1. The molecular weight excluding hydrogens is 215 g/mol. The first-order chi connectivity index (χ1) is 7.43. The third-order valence-corrected chi connectivity index (χ3v) is 1.88. The van der Waals surface area contributed by atoms with Gasteiger partial charge in [-0.2, -0.15) is 13.2 Å². The lowest BCUT2D eigenvalue weighted by Gasteiger charge is -2.09. The van der Waals surface area contributed by atoms with Crippen LogP contribution in [0, 0.1) is 0 Å². The maximum absolute atomic E-state index is 12.3. The van der Waals surface area contributed by atoms with Crippen molar-refractivity contribution in [3.63, 3.8) is 0 Å². The van der Waals surface area contributed by atoms with Crippen LogP contribution in [-0.4, -0.2) is 0 Å². The minimum atomic E-state index is -4.29. The Hall–Kier alpha value is -1.71. The van der Waals surface area contributed by atoms with Gasteiger partial charge in [0.1, 0.15) is 0 Å². The van der Waals surface area contributed by atoms with E-state index >= 15 is 0 Å². The molecule has 0 amide bonds. The van der Waals surface area contributed by atoms with Gasteiger partial charge >= 0.3 is 6.18 Å². The Kier molecular flexibility index (Phi) is 3.77. The van der Waals surface area contributed by atoms with Crippen molar-refractivity contribution in [2.75, 3.05) is 5.32 Å². The third-order valence-electron chi connectivity index (χ3n) is 1.88. The van der Waals surface area contributed by atoms with E-state index in [0.29, 0.717) is 11.4 Å². The van der Waals surface area contributed by atoms with Crippen LogP contribution in [0.25, 0.3) is 0 Å². The highest BCUT2D eigenvalue weighted by atomic mass is 19.4. The van der Waals surface area contributed by atoms with Crippen molar-refractivity contribution < 1.29 is 13.2 Å². The van der Waals surface area contributed by atoms with Crippen LogP contribution < -0.4 is 5.32 Å². The summed E-state index contributed by atoms with van der Waals surface area (Å²) in [5, 5.41) is 2.87. The van der Waals surface area contributed by atoms with Crippen LogP contribution in [0.15, 0.2) is 48.7 Å². The molecule has 0 heterocycles. The summed E-state index contributed by atoms with van der Waals surface area (Å²) in [6.45, 7) is 5.52. The summed E-state index contributed by atoms with van der Waals surface area (Å²) >= 11 is 0. The molecule has 16 heavy (non-hydrogen) atoms. The topological polar surface area (TPSA) is 12.0 Å². The molecule has 1 aromatic rings. The number of anilines is 1. The smallest absolute Gasteiger partial charge is 0.356 e. The molecule has 0 aromatic heterocycles. The van der Waals surface area contributed by atoms with Crippen LogP contribution in [-0.2, 0) is 6.18 Å². The highest BCUT2D eigenvalue weighted by Crippen LogP contribution is 2.29. The highest BCUT2D eigenvalue weighted by Gasteiger charge is 2.29. The largest absolute Gasteiger partial charge is 0.416 e. The Balaban J connectivity index is 2.76. The first-order valence-corrected chi connectivity index (χ1v) is 4.69. The van der Waals surface area contributed by atoms with Gasteiger partial charge in [-0.25, -0.2) is 0 Å². The number of hydrogen-bond acceptors (Lipinski definition) is 1. The standard InChI is InChI=1S/C12H12F3N/c1-3-4-9(2)16-11-7-5-10(6-8-11)12(13,14)15/h3-8,16H,2H2,1H3/b4-3-. The molecule has 0 aliphatic heterocycles. The van der Waals surface area contributed by atoms with Gasteiger partial charge in [-0.15, -0.1) is 0 Å². The van der Waals surface area contributed by atoms with E-state index in [1.165, 1.54) is 12.1 Å². The molecule has 0 radical (unpaired) electrons. The molecule has 0 saturated carbocycles. The van der Waals surface area contributed by atoms with Crippen molar-refractivity contribution in [1.82, 2.24) is 0 Å². The Bertz CT molecular complexity index is 388. The fourth-order valence-corrected chi connectivity index (χ4v) is 1.17. The summed E-state index contributed by atoms with van der Waals surface area (Å²) in [6.07, 6.45) is -0.768. The van der Waals surface area contributed by atoms with Crippen LogP contribution >= 0.6 is 0 Å². The van der Waals surface area contributed by atoms with Crippen molar-refractivity contribution in [2.45, 2.75) is 13.1 Å². The zero-order valence-corrected chi connectivity index (χ0v) is 8.81. The van der Waals surface area contributed by atoms with E-state index in [-0.39, 0.29) is 0 Å². The molecule has 0 fully saturated rings. The maximum atomic E-state index is 12.3.